The highest BCUT2D eigenvalue weighted by atomic mass is 32.1. The van der Waals surface area contributed by atoms with Crippen LogP contribution in [0.2, 0.25) is 0 Å². The Morgan fingerprint density at radius 3 is 2.83 bits per heavy atom. The summed E-state index contributed by atoms with van der Waals surface area (Å²) in [4.78, 5) is 22.2. The fourth-order valence-corrected chi connectivity index (χ4v) is 4.06. The van der Waals surface area contributed by atoms with Crippen molar-refractivity contribution >= 4 is 55.6 Å². The van der Waals surface area contributed by atoms with E-state index in [1.54, 1.807) is 11.0 Å². The standard InChI is InChI=1S/C17H14N4OS2/c1-3-21(11(2)22)17-19-13(10-23-17)8-12(9-18)16-20-14-6-4-5-7-15(14)24-16/h4-8,10H,3H2,1-2H3/b12-8+. The van der Waals surface area contributed by atoms with Crippen molar-refractivity contribution in [2.24, 2.45) is 0 Å². The van der Waals surface area contributed by atoms with E-state index in [-0.39, 0.29) is 5.91 Å². The summed E-state index contributed by atoms with van der Waals surface area (Å²) in [6, 6.07) is 9.99. The number of nitrogens with zero attached hydrogens (tertiary/aromatic N) is 4. The molecule has 1 aromatic carbocycles. The molecule has 0 atom stereocenters. The van der Waals surface area contributed by atoms with Gasteiger partial charge >= 0.3 is 0 Å². The van der Waals surface area contributed by atoms with E-state index in [1.807, 2.05) is 36.6 Å². The molecule has 0 saturated carbocycles. The zero-order valence-electron chi connectivity index (χ0n) is 13.2. The predicted molar refractivity (Wildman–Crippen MR) is 98.9 cm³/mol. The quantitative estimate of drug-likeness (QED) is 0.659. The minimum Gasteiger partial charge on any atom is -0.289 e. The maximum Gasteiger partial charge on any atom is 0.225 e. The predicted octanol–water partition coefficient (Wildman–Crippen LogP) is 4.19. The summed E-state index contributed by atoms with van der Waals surface area (Å²) in [7, 11) is 0. The lowest BCUT2D eigenvalue weighted by atomic mass is 10.2. The second kappa shape index (κ2) is 6.91. The van der Waals surface area contributed by atoms with Crippen LogP contribution >= 0.6 is 22.7 Å². The molecule has 0 aliphatic carbocycles. The van der Waals surface area contributed by atoms with Crippen LogP contribution in [0.1, 0.15) is 24.5 Å². The maximum atomic E-state index is 11.6. The first-order valence-electron chi connectivity index (χ1n) is 7.33. The number of carbonyl (C=O) groups excluding carboxylic acids is 1. The van der Waals surface area contributed by atoms with Gasteiger partial charge in [-0.3, -0.25) is 9.69 Å². The molecule has 0 aliphatic heterocycles. The molecule has 1 amide bonds. The zero-order chi connectivity index (χ0) is 17.1. The molecule has 0 radical (unpaired) electrons. The highest BCUT2D eigenvalue weighted by molar-refractivity contribution is 7.19. The van der Waals surface area contributed by atoms with Gasteiger partial charge in [0.15, 0.2) is 5.13 Å². The van der Waals surface area contributed by atoms with Gasteiger partial charge in [0.1, 0.15) is 11.1 Å². The summed E-state index contributed by atoms with van der Waals surface area (Å²) in [5.41, 5.74) is 2.01. The van der Waals surface area contributed by atoms with E-state index in [2.05, 4.69) is 16.0 Å². The van der Waals surface area contributed by atoms with Crippen molar-refractivity contribution in [3.05, 3.63) is 40.3 Å². The minimum absolute atomic E-state index is 0.0472. The largest absolute Gasteiger partial charge is 0.289 e. The van der Waals surface area contributed by atoms with Crippen LogP contribution < -0.4 is 4.90 Å². The fraction of sp³-hybridized carbons (Fsp3) is 0.176. The second-order valence-electron chi connectivity index (χ2n) is 4.97. The maximum absolute atomic E-state index is 11.6. The summed E-state index contributed by atoms with van der Waals surface area (Å²) in [5.74, 6) is -0.0472. The summed E-state index contributed by atoms with van der Waals surface area (Å²) in [6.45, 7) is 3.98. The summed E-state index contributed by atoms with van der Waals surface area (Å²) in [5, 5.41) is 12.6. The van der Waals surface area contributed by atoms with Crippen molar-refractivity contribution < 1.29 is 4.79 Å². The van der Waals surface area contributed by atoms with E-state index in [0.717, 1.165) is 10.2 Å². The number of hydrogen-bond acceptors (Lipinski definition) is 6. The zero-order valence-corrected chi connectivity index (χ0v) is 14.8. The highest BCUT2D eigenvalue weighted by Crippen LogP contribution is 2.29. The molecule has 120 valence electrons. The second-order valence-corrected chi connectivity index (χ2v) is 6.84. The van der Waals surface area contributed by atoms with Gasteiger partial charge in [-0.05, 0) is 25.1 Å². The number of carbonyl (C=O) groups is 1. The Hall–Kier alpha value is -2.56. The lowest BCUT2D eigenvalue weighted by Gasteiger charge is -2.14. The van der Waals surface area contributed by atoms with Gasteiger partial charge in [0.05, 0.1) is 21.5 Å². The first kappa shape index (κ1) is 16.3. The molecule has 2 aromatic heterocycles. The number of aromatic nitrogens is 2. The van der Waals surface area contributed by atoms with E-state index >= 15 is 0 Å². The topological polar surface area (TPSA) is 69.9 Å². The van der Waals surface area contributed by atoms with Gasteiger partial charge in [0.2, 0.25) is 5.91 Å². The third kappa shape index (κ3) is 3.20. The SMILES string of the molecule is CCN(C(C)=O)c1nc(/C=C(\C#N)c2nc3ccccc3s2)cs1. The van der Waals surface area contributed by atoms with Gasteiger partial charge in [-0.2, -0.15) is 5.26 Å². The van der Waals surface area contributed by atoms with Gasteiger partial charge in [0, 0.05) is 18.8 Å². The van der Waals surface area contributed by atoms with Gasteiger partial charge in [-0.1, -0.05) is 12.1 Å². The molecule has 0 bridgehead atoms. The Kier molecular flexibility index (Phi) is 4.69. The Morgan fingerprint density at radius 1 is 1.38 bits per heavy atom. The summed E-state index contributed by atoms with van der Waals surface area (Å²) in [6.07, 6.45) is 1.71. The molecule has 0 aliphatic rings. The number of anilines is 1. The number of amides is 1. The average molecular weight is 354 g/mol. The van der Waals surface area contributed by atoms with Gasteiger partial charge in [-0.15, -0.1) is 22.7 Å². The number of allylic oxidation sites excluding steroid dienone is 1. The lowest BCUT2D eigenvalue weighted by Crippen LogP contribution is -2.27. The molecule has 0 fully saturated rings. The normalized spacial score (nSPS) is 11.5. The third-order valence-electron chi connectivity index (χ3n) is 3.37. The first-order valence-corrected chi connectivity index (χ1v) is 9.03. The van der Waals surface area contributed by atoms with Crippen LogP contribution in [-0.4, -0.2) is 22.4 Å². The van der Waals surface area contributed by atoms with Crippen LogP contribution in [0.3, 0.4) is 0 Å². The molecule has 5 nitrogen and oxygen atoms in total. The molecular weight excluding hydrogens is 340 g/mol. The Balaban J connectivity index is 1.95. The number of hydrogen-bond donors (Lipinski definition) is 0. The molecule has 24 heavy (non-hydrogen) atoms. The highest BCUT2D eigenvalue weighted by Gasteiger charge is 2.14. The molecule has 3 aromatic rings. The van der Waals surface area contributed by atoms with Crippen molar-refractivity contribution in [3.63, 3.8) is 0 Å². The van der Waals surface area contributed by atoms with Crippen LogP contribution in [0.4, 0.5) is 5.13 Å². The number of thiazole rings is 2. The van der Waals surface area contributed by atoms with E-state index < -0.39 is 0 Å². The van der Waals surface area contributed by atoms with Crippen molar-refractivity contribution in [3.8, 4) is 6.07 Å². The number of fused-ring (bicyclic) bond motifs is 1. The monoisotopic (exact) mass is 354 g/mol. The molecular formula is C17H14N4OS2. The van der Waals surface area contributed by atoms with Crippen LogP contribution in [-0.2, 0) is 4.79 Å². The Bertz CT molecular complexity index is 931. The van der Waals surface area contributed by atoms with E-state index in [0.29, 0.717) is 28.0 Å². The lowest BCUT2D eigenvalue weighted by molar-refractivity contribution is -0.116. The third-order valence-corrected chi connectivity index (χ3v) is 5.33. The van der Waals surface area contributed by atoms with Gasteiger partial charge in [0.25, 0.3) is 0 Å². The van der Waals surface area contributed by atoms with Crippen molar-refractivity contribution in [1.29, 1.82) is 5.26 Å². The van der Waals surface area contributed by atoms with Crippen molar-refractivity contribution in [2.45, 2.75) is 13.8 Å². The molecule has 0 spiro atoms. The fourth-order valence-electron chi connectivity index (χ4n) is 2.24. The molecule has 0 N–H and O–H groups in total. The minimum atomic E-state index is -0.0472. The van der Waals surface area contributed by atoms with Gasteiger partial charge in [-0.25, -0.2) is 9.97 Å². The van der Waals surface area contributed by atoms with Crippen LogP contribution in [0.15, 0.2) is 29.6 Å². The molecule has 0 saturated heterocycles. The van der Waals surface area contributed by atoms with Crippen molar-refractivity contribution in [2.75, 3.05) is 11.4 Å². The van der Waals surface area contributed by atoms with Crippen LogP contribution in [0, 0.1) is 11.3 Å². The number of nitriles is 1. The summed E-state index contributed by atoms with van der Waals surface area (Å²) >= 11 is 2.87. The Labute approximate surface area is 147 Å². The number of benzene rings is 1. The smallest absolute Gasteiger partial charge is 0.225 e. The molecule has 0 unspecified atom stereocenters. The molecule has 3 rings (SSSR count). The first-order chi connectivity index (χ1) is 11.6. The molecule has 2 heterocycles. The number of para-hydroxylation sites is 1. The van der Waals surface area contributed by atoms with E-state index in [1.165, 1.54) is 29.6 Å². The van der Waals surface area contributed by atoms with Crippen molar-refractivity contribution in [1.82, 2.24) is 9.97 Å². The molecule has 7 heteroatoms. The van der Waals surface area contributed by atoms with Crippen LogP contribution in [0.25, 0.3) is 21.9 Å². The van der Waals surface area contributed by atoms with Crippen LogP contribution in [0.5, 0.6) is 0 Å². The Morgan fingerprint density at radius 2 is 2.17 bits per heavy atom. The average Bonchev–Trinajstić information content (AvgIpc) is 3.19. The van der Waals surface area contributed by atoms with E-state index in [9.17, 15) is 10.1 Å². The number of rotatable bonds is 4. The summed E-state index contributed by atoms with van der Waals surface area (Å²) < 4.78 is 1.04. The van der Waals surface area contributed by atoms with Gasteiger partial charge < -0.3 is 0 Å². The van der Waals surface area contributed by atoms with E-state index in [4.69, 9.17) is 0 Å².